The van der Waals surface area contributed by atoms with E-state index in [1.165, 1.54) is 5.56 Å². The lowest BCUT2D eigenvalue weighted by molar-refractivity contribution is 0.338. The molecule has 3 heteroatoms. The van der Waals surface area contributed by atoms with Crippen LogP contribution in [0.3, 0.4) is 0 Å². The number of benzene rings is 2. The molecule has 0 aliphatic carbocycles. The Labute approximate surface area is 154 Å². The van der Waals surface area contributed by atoms with Crippen LogP contribution in [0.4, 0.5) is 0 Å². The fourth-order valence-electron chi connectivity index (χ4n) is 2.27. The van der Waals surface area contributed by atoms with Crippen LogP contribution < -0.4 is 0 Å². The van der Waals surface area contributed by atoms with Gasteiger partial charge >= 0.3 is 0 Å². The first kappa shape index (κ1) is 18.6. The van der Waals surface area contributed by atoms with Crippen molar-refractivity contribution < 1.29 is 0 Å². The highest BCUT2D eigenvalue weighted by Gasteiger charge is 1.96. The maximum atomic E-state index is 5.98. The molecule has 1 nitrogen and oxygen atoms in total. The van der Waals surface area contributed by atoms with Gasteiger partial charge in [0, 0.05) is 27.7 Å². The van der Waals surface area contributed by atoms with Crippen molar-refractivity contribution in [2.75, 3.05) is 19.6 Å². The normalized spacial score (nSPS) is 10.9. The van der Waals surface area contributed by atoms with Gasteiger partial charge in [0.2, 0.25) is 0 Å². The molecular weight excluding hydrogens is 337 g/mol. The van der Waals surface area contributed by atoms with Gasteiger partial charge in [0.15, 0.2) is 0 Å². The SMILES string of the molecule is CCN(CC)C/C=C/c1ccc(C#Cc2cc(Cl)cc(Cl)c2)cc1. The number of rotatable bonds is 5. The van der Waals surface area contributed by atoms with Crippen molar-refractivity contribution in [1.29, 1.82) is 0 Å². The van der Waals surface area contributed by atoms with E-state index in [0.717, 1.165) is 30.8 Å². The summed E-state index contributed by atoms with van der Waals surface area (Å²) in [6.45, 7) is 7.48. The fraction of sp³-hybridized carbons (Fsp3) is 0.238. The van der Waals surface area contributed by atoms with Crippen LogP contribution in [0.1, 0.15) is 30.5 Å². The van der Waals surface area contributed by atoms with Crippen LogP contribution in [0.5, 0.6) is 0 Å². The van der Waals surface area contributed by atoms with Gasteiger partial charge in [-0.25, -0.2) is 0 Å². The summed E-state index contributed by atoms with van der Waals surface area (Å²) in [5, 5.41) is 1.20. The molecule has 0 amide bonds. The van der Waals surface area contributed by atoms with Crippen LogP contribution in [-0.2, 0) is 0 Å². The smallest absolute Gasteiger partial charge is 0.0433 e. The van der Waals surface area contributed by atoms with Gasteiger partial charge in [-0.1, -0.05) is 73.2 Å². The van der Waals surface area contributed by atoms with E-state index in [0.29, 0.717) is 10.0 Å². The zero-order chi connectivity index (χ0) is 17.4. The van der Waals surface area contributed by atoms with Gasteiger partial charge in [0.1, 0.15) is 0 Å². The first-order valence-electron chi connectivity index (χ1n) is 8.07. The molecule has 24 heavy (non-hydrogen) atoms. The Morgan fingerprint density at radius 2 is 1.46 bits per heavy atom. The Morgan fingerprint density at radius 1 is 0.875 bits per heavy atom. The van der Waals surface area contributed by atoms with Gasteiger partial charge in [-0.05, 0) is 49.0 Å². The van der Waals surface area contributed by atoms with Gasteiger partial charge in [0.05, 0.1) is 0 Å². The molecule has 0 radical (unpaired) electrons. The van der Waals surface area contributed by atoms with E-state index < -0.39 is 0 Å². The summed E-state index contributed by atoms with van der Waals surface area (Å²) < 4.78 is 0. The summed E-state index contributed by atoms with van der Waals surface area (Å²) in [7, 11) is 0. The van der Waals surface area contributed by atoms with Crippen LogP contribution in [0.2, 0.25) is 10.0 Å². The first-order chi connectivity index (χ1) is 11.6. The second-order valence-corrected chi connectivity index (χ2v) is 6.29. The van der Waals surface area contributed by atoms with Crippen LogP contribution in [0.15, 0.2) is 48.5 Å². The van der Waals surface area contributed by atoms with E-state index >= 15 is 0 Å². The average molecular weight is 358 g/mol. The molecule has 0 N–H and O–H groups in total. The number of halogens is 2. The summed E-state index contributed by atoms with van der Waals surface area (Å²) in [5.41, 5.74) is 2.96. The van der Waals surface area contributed by atoms with E-state index in [1.54, 1.807) is 6.07 Å². The van der Waals surface area contributed by atoms with E-state index in [4.69, 9.17) is 23.2 Å². The molecule has 0 fully saturated rings. The molecule has 0 spiro atoms. The average Bonchev–Trinajstić information content (AvgIpc) is 2.57. The van der Waals surface area contributed by atoms with E-state index in [-0.39, 0.29) is 0 Å². The van der Waals surface area contributed by atoms with Crippen molar-refractivity contribution >= 4 is 29.3 Å². The number of hydrogen-bond donors (Lipinski definition) is 0. The monoisotopic (exact) mass is 357 g/mol. The van der Waals surface area contributed by atoms with Crippen molar-refractivity contribution in [1.82, 2.24) is 4.90 Å². The zero-order valence-electron chi connectivity index (χ0n) is 14.0. The van der Waals surface area contributed by atoms with Gasteiger partial charge in [-0.15, -0.1) is 0 Å². The lowest BCUT2D eigenvalue weighted by Gasteiger charge is -2.14. The Bertz CT molecular complexity index is 727. The molecular formula is C21H21Cl2N. The molecule has 0 atom stereocenters. The zero-order valence-corrected chi connectivity index (χ0v) is 15.5. The predicted octanol–water partition coefficient (Wildman–Crippen LogP) is 5.75. The minimum Gasteiger partial charge on any atom is -0.300 e. The molecule has 0 aromatic heterocycles. The Morgan fingerprint density at radius 3 is 2.04 bits per heavy atom. The third kappa shape index (κ3) is 6.06. The summed E-state index contributed by atoms with van der Waals surface area (Å²) in [4.78, 5) is 2.37. The molecule has 0 aliphatic rings. The van der Waals surface area contributed by atoms with Gasteiger partial charge in [-0.3, -0.25) is 0 Å². The maximum absolute atomic E-state index is 5.98. The molecule has 0 unspecified atom stereocenters. The fourth-order valence-corrected chi connectivity index (χ4v) is 2.79. The minimum atomic E-state index is 0.598. The lowest BCUT2D eigenvalue weighted by atomic mass is 10.1. The summed E-state index contributed by atoms with van der Waals surface area (Å²) in [6, 6.07) is 13.5. The highest BCUT2D eigenvalue weighted by atomic mass is 35.5. The number of hydrogen-bond acceptors (Lipinski definition) is 1. The third-order valence-electron chi connectivity index (χ3n) is 3.69. The quantitative estimate of drug-likeness (QED) is 0.615. The molecule has 2 aromatic carbocycles. The molecule has 124 valence electrons. The largest absolute Gasteiger partial charge is 0.300 e. The molecule has 0 saturated carbocycles. The molecule has 0 saturated heterocycles. The standard InChI is InChI=1S/C21H21Cl2N/c1-3-24(4-2)13-5-6-17-7-9-18(10-8-17)11-12-19-14-20(22)16-21(23)15-19/h5-10,14-16H,3-4,13H2,1-2H3/b6-5+. The Kier molecular flexibility index (Phi) is 7.40. The van der Waals surface area contributed by atoms with E-state index in [2.05, 4.69) is 54.9 Å². The highest BCUT2D eigenvalue weighted by Crippen LogP contribution is 2.18. The maximum Gasteiger partial charge on any atom is 0.0433 e. The highest BCUT2D eigenvalue weighted by molar-refractivity contribution is 6.34. The second-order valence-electron chi connectivity index (χ2n) is 5.42. The first-order valence-corrected chi connectivity index (χ1v) is 8.83. The van der Waals surface area contributed by atoms with Crippen molar-refractivity contribution in [3.05, 3.63) is 75.3 Å². The van der Waals surface area contributed by atoms with Crippen molar-refractivity contribution in [3.8, 4) is 11.8 Å². The van der Waals surface area contributed by atoms with Gasteiger partial charge in [-0.2, -0.15) is 0 Å². The lowest BCUT2D eigenvalue weighted by Crippen LogP contribution is -2.22. The van der Waals surface area contributed by atoms with E-state index in [9.17, 15) is 0 Å². The molecule has 0 aliphatic heterocycles. The number of likely N-dealkylation sites (N-methyl/N-ethyl adjacent to an activating group) is 1. The minimum absolute atomic E-state index is 0.598. The van der Waals surface area contributed by atoms with E-state index in [1.807, 2.05) is 24.3 Å². The third-order valence-corrected chi connectivity index (χ3v) is 4.13. The number of nitrogens with zero attached hydrogens (tertiary/aromatic N) is 1. The molecule has 2 rings (SSSR count). The van der Waals surface area contributed by atoms with Crippen molar-refractivity contribution in [3.63, 3.8) is 0 Å². The predicted molar refractivity (Wildman–Crippen MR) is 106 cm³/mol. The van der Waals surface area contributed by atoms with Crippen molar-refractivity contribution in [2.24, 2.45) is 0 Å². The topological polar surface area (TPSA) is 3.24 Å². The summed E-state index contributed by atoms with van der Waals surface area (Å²) in [5.74, 6) is 6.23. The van der Waals surface area contributed by atoms with Gasteiger partial charge in [0.25, 0.3) is 0 Å². The summed E-state index contributed by atoms with van der Waals surface area (Å²) in [6.07, 6.45) is 4.34. The van der Waals surface area contributed by atoms with Gasteiger partial charge < -0.3 is 4.90 Å². The summed E-state index contributed by atoms with van der Waals surface area (Å²) >= 11 is 12.0. The Balaban J connectivity index is 2.02. The molecule has 0 bridgehead atoms. The van der Waals surface area contributed by atoms with Crippen molar-refractivity contribution in [2.45, 2.75) is 13.8 Å². The molecule has 0 heterocycles. The Hall–Kier alpha value is -1.72. The van der Waals surface area contributed by atoms with Crippen LogP contribution >= 0.6 is 23.2 Å². The van der Waals surface area contributed by atoms with Crippen LogP contribution in [0, 0.1) is 11.8 Å². The van der Waals surface area contributed by atoms with Crippen LogP contribution in [0.25, 0.3) is 6.08 Å². The second kappa shape index (κ2) is 9.55. The molecule has 2 aromatic rings. The van der Waals surface area contributed by atoms with Crippen LogP contribution in [-0.4, -0.2) is 24.5 Å².